The van der Waals surface area contributed by atoms with Crippen LogP contribution in [0.3, 0.4) is 0 Å². The summed E-state index contributed by atoms with van der Waals surface area (Å²) >= 11 is 0. The van der Waals surface area contributed by atoms with Gasteiger partial charge in [0.05, 0.1) is 25.8 Å². The van der Waals surface area contributed by atoms with Gasteiger partial charge in [-0.2, -0.15) is 0 Å². The number of nitrogens with one attached hydrogen (secondary N) is 5. The average molecular weight is 615 g/mol. The zero-order valence-electron chi connectivity index (χ0n) is 25.1. The molecule has 4 atom stereocenters. The lowest BCUT2D eigenvalue weighted by Crippen LogP contribution is -2.58. The molecule has 2 aromatic rings. The summed E-state index contributed by atoms with van der Waals surface area (Å²) in [4.78, 5) is 65.3. The van der Waals surface area contributed by atoms with Gasteiger partial charge in [0.15, 0.2) is 0 Å². The van der Waals surface area contributed by atoms with E-state index in [1.54, 1.807) is 56.4 Å². The van der Waals surface area contributed by atoms with E-state index in [0.29, 0.717) is 6.54 Å². The molecule has 14 nitrogen and oxygen atoms in total. The first-order chi connectivity index (χ1) is 21.0. The third kappa shape index (κ3) is 10.9. The number of phenolic OH excluding ortho intramolecular Hbond substituents is 1. The van der Waals surface area contributed by atoms with E-state index in [-0.39, 0.29) is 18.6 Å². The predicted molar refractivity (Wildman–Crippen MR) is 161 cm³/mol. The topological polar surface area (TPSA) is 209 Å². The number of likely N-dealkylation sites (N-methyl/N-ethyl adjacent to an activating group) is 3. The Labute approximate surface area is 256 Å². The van der Waals surface area contributed by atoms with Gasteiger partial charge in [0.25, 0.3) is 0 Å². The standard InChI is InChI=1S/C30H42N6O8/c1-4-32-27(41)23(17-37)35-30(44)25(15-19-8-6-5-7-9-19)36(3)26(40)16-33-28(42)24(18-38)34-29(43)22(31-2)14-20-10-12-21(39)13-11-20/h5-13,22-25,31,37-39H,4,14-18H2,1-3H3,(H,32,41)(H,33,42)(H,34,43)(H,35,44)/t22-,23+,24+,25-/m0/s1. The SMILES string of the molecule is CCNC(=O)[C@@H](CO)NC(=O)[C@H](Cc1ccccc1)N(C)C(=O)CNC(=O)[C@@H](CO)NC(=O)[C@H](Cc1ccc(O)cc1)NC. The van der Waals surface area contributed by atoms with E-state index in [1.165, 1.54) is 19.2 Å². The second-order valence-electron chi connectivity index (χ2n) is 10.0. The first-order valence-electron chi connectivity index (χ1n) is 14.2. The van der Waals surface area contributed by atoms with Gasteiger partial charge in [-0.3, -0.25) is 24.0 Å². The lowest BCUT2D eigenvalue weighted by molar-refractivity contribution is -0.140. The highest BCUT2D eigenvalue weighted by molar-refractivity contribution is 5.94. The Morgan fingerprint density at radius 3 is 1.82 bits per heavy atom. The van der Waals surface area contributed by atoms with Crippen LogP contribution in [0.15, 0.2) is 54.6 Å². The highest BCUT2D eigenvalue weighted by Crippen LogP contribution is 2.12. The van der Waals surface area contributed by atoms with E-state index in [0.717, 1.165) is 16.0 Å². The molecule has 0 heterocycles. The molecule has 2 aromatic carbocycles. The third-order valence-corrected chi connectivity index (χ3v) is 6.87. The first kappa shape index (κ1) is 35.7. The zero-order valence-corrected chi connectivity index (χ0v) is 25.1. The second-order valence-corrected chi connectivity index (χ2v) is 10.0. The summed E-state index contributed by atoms with van der Waals surface area (Å²) < 4.78 is 0. The molecule has 0 aliphatic carbocycles. The maximum absolute atomic E-state index is 13.2. The van der Waals surface area contributed by atoms with Crippen LogP contribution in [0.5, 0.6) is 5.75 Å². The molecule has 0 unspecified atom stereocenters. The fraction of sp³-hybridized carbons (Fsp3) is 0.433. The van der Waals surface area contributed by atoms with Crippen LogP contribution in [-0.4, -0.2) is 114 Å². The lowest BCUT2D eigenvalue weighted by Gasteiger charge is -2.29. The van der Waals surface area contributed by atoms with Crippen LogP contribution in [0.25, 0.3) is 0 Å². The van der Waals surface area contributed by atoms with Crippen molar-refractivity contribution in [2.75, 3.05) is 40.4 Å². The molecule has 0 aromatic heterocycles. The minimum Gasteiger partial charge on any atom is -0.508 e. The van der Waals surface area contributed by atoms with Gasteiger partial charge in [-0.05, 0) is 43.7 Å². The van der Waals surface area contributed by atoms with Crippen LogP contribution >= 0.6 is 0 Å². The van der Waals surface area contributed by atoms with Gasteiger partial charge < -0.3 is 46.8 Å². The van der Waals surface area contributed by atoms with Crippen molar-refractivity contribution in [2.24, 2.45) is 0 Å². The molecule has 0 aliphatic rings. The minimum atomic E-state index is -1.36. The monoisotopic (exact) mass is 614 g/mol. The normalized spacial score (nSPS) is 13.5. The Kier molecular flexibility index (Phi) is 14.8. The zero-order chi connectivity index (χ0) is 32.6. The van der Waals surface area contributed by atoms with Crippen LogP contribution in [0, 0.1) is 0 Å². The third-order valence-electron chi connectivity index (χ3n) is 6.87. The maximum Gasteiger partial charge on any atom is 0.245 e. The Morgan fingerprint density at radius 2 is 1.27 bits per heavy atom. The van der Waals surface area contributed by atoms with E-state index >= 15 is 0 Å². The Morgan fingerprint density at radius 1 is 0.727 bits per heavy atom. The van der Waals surface area contributed by atoms with Gasteiger partial charge in [0, 0.05) is 20.0 Å². The van der Waals surface area contributed by atoms with Crippen molar-refractivity contribution in [3.63, 3.8) is 0 Å². The van der Waals surface area contributed by atoms with Crippen LogP contribution in [-0.2, 0) is 36.8 Å². The molecule has 0 spiro atoms. The quantitative estimate of drug-likeness (QED) is 0.0971. The largest absolute Gasteiger partial charge is 0.508 e. The smallest absolute Gasteiger partial charge is 0.245 e. The van der Waals surface area contributed by atoms with Crippen molar-refractivity contribution in [3.05, 3.63) is 65.7 Å². The van der Waals surface area contributed by atoms with E-state index in [9.17, 15) is 39.3 Å². The van der Waals surface area contributed by atoms with Gasteiger partial charge in [-0.15, -0.1) is 0 Å². The van der Waals surface area contributed by atoms with Crippen molar-refractivity contribution < 1.29 is 39.3 Å². The van der Waals surface area contributed by atoms with E-state index < -0.39 is 73.5 Å². The number of hydrogen-bond donors (Lipinski definition) is 8. The number of carbonyl (C=O) groups excluding carboxylic acids is 5. The Balaban J connectivity index is 2.06. The van der Waals surface area contributed by atoms with Crippen LogP contribution < -0.4 is 26.6 Å². The summed E-state index contributed by atoms with van der Waals surface area (Å²) in [5, 5.41) is 41.6. The van der Waals surface area contributed by atoms with E-state index in [4.69, 9.17) is 0 Å². The van der Waals surface area contributed by atoms with Crippen LogP contribution in [0.2, 0.25) is 0 Å². The molecule has 0 aliphatic heterocycles. The number of aliphatic hydroxyl groups is 2. The van der Waals surface area contributed by atoms with Crippen LogP contribution in [0.1, 0.15) is 18.1 Å². The molecule has 14 heteroatoms. The van der Waals surface area contributed by atoms with E-state index in [2.05, 4.69) is 26.6 Å². The molecule has 8 N–H and O–H groups in total. The number of amides is 5. The fourth-order valence-corrected chi connectivity index (χ4v) is 4.25. The van der Waals surface area contributed by atoms with Gasteiger partial charge in [0.1, 0.15) is 23.9 Å². The molecular formula is C30H42N6O8. The molecule has 0 bridgehead atoms. The molecule has 0 radical (unpaired) electrons. The predicted octanol–water partition coefficient (Wildman–Crippen LogP) is -2.20. The summed E-state index contributed by atoms with van der Waals surface area (Å²) in [5.74, 6) is -3.23. The first-order valence-corrected chi connectivity index (χ1v) is 14.2. The minimum absolute atomic E-state index is 0.0807. The maximum atomic E-state index is 13.2. The number of benzene rings is 2. The molecule has 240 valence electrons. The van der Waals surface area contributed by atoms with Gasteiger partial charge >= 0.3 is 0 Å². The van der Waals surface area contributed by atoms with Gasteiger partial charge in [0.2, 0.25) is 29.5 Å². The Bertz CT molecular complexity index is 1240. The molecule has 0 saturated heterocycles. The number of phenols is 1. The van der Waals surface area contributed by atoms with Crippen molar-refractivity contribution >= 4 is 29.5 Å². The summed E-state index contributed by atoms with van der Waals surface area (Å²) in [6.07, 6.45) is 0.325. The lowest BCUT2D eigenvalue weighted by atomic mass is 10.0. The molecule has 0 fully saturated rings. The van der Waals surface area contributed by atoms with Crippen molar-refractivity contribution in [1.29, 1.82) is 0 Å². The Hall–Kier alpha value is -4.53. The summed E-state index contributed by atoms with van der Waals surface area (Å²) in [7, 11) is 2.93. The average Bonchev–Trinajstić information content (AvgIpc) is 3.03. The van der Waals surface area contributed by atoms with Crippen LogP contribution in [0.4, 0.5) is 0 Å². The molecule has 0 saturated carbocycles. The van der Waals surface area contributed by atoms with E-state index in [1.807, 2.05) is 0 Å². The highest BCUT2D eigenvalue weighted by Gasteiger charge is 2.31. The number of aliphatic hydroxyl groups excluding tert-OH is 2. The number of hydrogen-bond acceptors (Lipinski definition) is 9. The van der Waals surface area contributed by atoms with Crippen molar-refractivity contribution in [2.45, 2.75) is 43.9 Å². The summed E-state index contributed by atoms with van der Waals surface area (Å²) in [5.41, 5.74) is 1.48. The summed E-state index contributed by atoms with van der Waals surface area (Å²) in [6, 6.07) is 10.7. The number of rotatable bonds is 17. The molecule has 2 rings (SSSR count). The molecule has 5 amide bonds. The fourth-order valence-electron chi connectivity index (χ4n) is 4.25. The van der Waals surface area contributed by atoms with Gasteiger partial charge in [-0.25, -0.2) is 0 Å². The molecular weight excluding hydrogens is 572 g/mol. The second kappa shape index (κ2) is 18.2. The number of nitrogens with zero attached hydrogens (tertiary/aromatic N) is 1. The highest BCUT2D eigenvalue weighted by atomic mass is 16.3. The number of carbonyl (C=O) groups is 5. The van der Waals surface area contributed by atoms with Crippen molar-refractivity contribution in [1.82, 2.24) is 31.5 Å². The van der Waals surface area contributed by atoms with Crippen molar-refractivity contribution in [3.8, 4) is 5.75 Å². The number of aromatic hydroxyl groups is 1. The van der Waals surface area contributed by atoms with Gasteiger partial charge in [-0.1, -0.05) is 42.5 Å². The molecule has 44 heavy (non-hydrogen) atoms. The summed E-state index contributed by atoms with van der Waals surface area (Å²) in [6.45, 7) is 0.0410.